The van der Waals surface area contributed by atoms with Crippen molar-refractivity contribution in [3.63, 3.8) is 0 Å². The van der Waals surface area contributed by atoms with Gasteiger partial charge in [0.15, 0.2) is 0 Å². The molecule has 3 rings (SSSR count). The second-order valence-electron chi connectivity index (χ2n) is 5.64. The van der Waals surface area contributed by atoms with E-state index in [2.05, 4.69) is 17.6 Å². The van der Waals surface area contributed by atoms with Crippen molar-refractivity contribution in [3.8, 4) is 0 Å². The number of fused-ring (bicyclic) bond motifs is 1. The lowest BCUT2D eigenvalue weighted by Crippen LogP contribution is -2.52. The molecule has 2 unspecified atom stereocenters. The molecule has 0 aromatic heterocycles. The molecule has 1 aromatic rings. The van der Waals surface area contributed by atoms with Gasteiger partial charge in [-0.25, -0.2) is 0 Å². The summed E-state index contributed by atoms with van der Waals surface area (Å²) >= 11 is 7.37. The van der Waals surface area contributed by atoms with Crippen molar-refractivity contribution in [2.45, 2.75) is 29.5 Å². The summed E-state index contributed by atoms with van der Waals surface area (Å²) in [4.78, 5) is 27.4. The van der Waals surface area contributed by atoms with Gasteiger partial charge in [-0.3, -0.25) is 9.59 Å². The number of amides is 2. The third kappa shape index (κ3) is 4.32. The number of benzene rings is 1. The van der Waals surface area contributed by atoms with Crippen LogP contribution in [0.1, 0.15) is 13.3 Å². The van der Waals surface area contributed by atoms with Crippen molar-refractivity contribution < 1.29 is 9.59 Å². The average molecular weight is 376 g/mol. The van der Waals surface area contributed by atoms with Gasteiger partial charge < -0.3 is 15.5 Å². The topological polar surface area (TPSA) is 61.4 Å². The first-order valence-corrected chi connectivity index (χ1v) is 8.57. The Hall–Kier alpha value is -0.950. The van der Waals surface area contributed by atoms with Gasteiger partial charge in [-0.05, 0) is 25.1 Å². The van der Waals surface area contributed by atoms with Crippen LogP contribution < -0.4 is 10.6 Å². The highest BCUT2D eigenvalue weighted by Crippen LogP contribution is 2.38. The molecule has 2 heterocycles. The van der Waals surface area contributed by atoms with Gasteiger partial charge in [-0.2, -0.15) is 0 Å². The monoisotopic (exact) mass is 375 g/mol. The van der Waals surface area contributed by atoms with Crippen molar-refractivity contribution in [1.82, 2.24) is 10.2 Å². The van der Waals surface area contributed by atoms with Crippen LogP contribution in [-0.4, -0.2) is 47.6 Å². The van der Waals surface area contributed by atoms with Crippen LogP contribution in [0.25, 0.3) is 0 Å². The molecule has 23 heavy (non-hydrogen) atoms. The summed E-state index contributed by atoms with van der Waals surface area (Å²) in [6.07, 6.45) is 0.227. The van der Waals surface area contributed by atoms with Crippen molar-refractivity contribution >= 4 is 53.3 Å². The first kappa shape index (κ1) is 18.4. The van der Waals surface area contributed by atoms with Crippen LogP contribution in [0.3, 0.4) is 0 Å². The van der Waals surface area contributed by atoms with E-state index in [1.165, 1.54) is 11.8 Å². The summed E-state index contributed by atoms with van der Waals surface area (Å²) in [5.41, 5.74) is 0.724. The van der Waals surface area contributed by atoms with Crippen molar-refractivity contribution in [2.75, 3.05) is 25.0 Å². The number of piperazine rings is 1. The molecule has 2 aliphatic heterocycles. The third-order valence-electron chi connectivity index (χ3n) is 3.84. The van der Waals surface area contributed by atoms with Gasteiger partial charge in [0.25, 0.3) is 0 Å². The van der Waals surface area contributed by atoms with Crippen LogP contribution in [0.2, 0.25) is 5.02 Å². The van der Waals surface area contributed by atoms with Gasteiger partial charge in [0.05, 0.1) is 10.9 Å². The highest BCUT2D eigenvalue weighted by molar-refractivity contribution is 8.01. The van der Waals surface area contributed by atoms with Crippen LogP contribution in [0, 0.1) is 0 Å². The molecule has 0 radical (unpaired) electrons. The van der Waals surface area contributed by atoms with E-state index in [-0.39, 0.29) is 35.9 Å². The zero-order valence-electron chi connectivity index (χ0n) is 12.7. The van der Waals surface area contributed by atoms with Gasteiger partial charge >= 0.3 is 0 Å². The van der Waals surface area contributed by atoms with Crippen LogP contribution in [0.15, 0.2) is 23.1 Å². The van der Waals surface area contributed by atoms with Gasteiger partial charge in [0.1, 0.15) is 0 Å². The molecule has 5 nitrogen and oxygen atoms in total. The van der Waals surface area contributed by atoms with E-state index in [4.69, 9.17) is 11.6 Å². The summed E-state index contributed by atoms with van der Waals surface area (Å²) in [6, 6.07) is 5.71. The molecule has 1 fully saturated rings. The summed E-state index contributed by atoms with van der Waals surface area (Å²) in [7, 11) is 0. The molecule has 2 N–H and O–H groups in total. The van der Waals surface area contributed by atoms with Crippen molar-refractivity contribution in [3.05, 3.63) is 23.2 Å². The fraction of sp³-hybridized carbons (Fsp3) is 0.467. The number of carbonyl (C=O) groups is 2. The Labute approximate surface area is 150 Å². The van der Waals surface area contributed by atoms with E-state index in [0.29, 0.717) is 24.2 Å². The number of halogens is 2. The number of hydrogen-bond acceptors (Lipinski definition) is 4. The Balaban J connectivity index is 0.00000192. The number of anilines is 1. The normalized spacial score (nSPS) is 23.6. The Morgan fingerprint density at radius 2 is 2.26 bits per heavy atom. The Kier molecular flexibility index (Phi) is 6.19. The average Bonchev–Trinajstić information content (AvgIpc) is 2.48. The second-order valence-corrected chi connectivity index (χ2v) is 7.32. The largest absolute Gasteiger partial charge is 0.340 e. The molecule has 1 aromatic carbocycles. The van der Waals surface area contributed by atoms with Gasteiger partial charge in [-0.15, -0.1) is 24.2 Å². The highest BCUT2D eigenvalue weighted by atomic mass is 35.5. The number of rotatable bonds is 2. The highest BCUT2D eigenvalue weighted by Gasteiger charge is 2.31. The molecule has 2 aliphatic rings. The fourth-order valence-corrected chi connectivity index (χ4v) is 3.96. The van der Waals surface area contributed by atoms with Crippen LogP contribution in [0.5, 0.6) is 0 Å². The van der Waals surface area contributed by atoms with Gasteiger partial charge in [-0.1, -0.05) is 11.6 Å². The smallest absolute Gasteiger partial charge is 0.238 e. The number of hydrogen-bond donors (Lipinski definition) is 2. The Morgan fingerprint density at radius 3 is 3.00 bits per heavy atom. The van der Waals surface area contributed by atoms with Crippen molar-refractivity contribution in [2.24, 2.45) is 0 Å². The lowest BCUT2D eigenvalue weighted by molar-refractivity contribution is -0.133. The number of nitrogens with one attached hydrogen (secondary N) is 2. The zero-order chi connectivity index (χ0) is 15.7. The zero-order valence-corrected chi connectivity index (χ0v) is 15.1. The molecule has 2 atom stereocenters. The second kappa shape index (κ2) is 7.75. The van der Waals surface area contributed by atoms with E-state index < -0.39 is 0 Å². The number of thioether (sulfide) groups is 1. The van der Waals surface area contributed by atoms with Crippen LogP contribution in [-0.2, 0) is 9.59 Å². The summed E-state index contributed by atoms with van der Waals surface area (Å²) in [6.45, 7) is 4.26. The predicted molar refractivity (Wildman–Crippen MR) is 95.6 cm³/mol. The molecule has 2 amide bonds. The van der Waals surface area contributed by atoms with E-state index in [9.17, 15) is 9.59 Å². The van der Waals surface area contributed by atoms with Gasteiger partial charge in [0.2, 0.25) is 11.8 Å². The van der Waals surface area contributed by atoms with E-state index >= 15 is 0 Å². The minimum Gasteiger partial charge on any atom is -0.340 e. The molecule has 0 saturated carbocycles. The summed E-state index contributed by atoms with van der Waals surface area (Å²) in [5, 5.41) is 6.35. The Bertz CT molecular complexity index is 614. The first-order chi connectivity index (χ1) is 10.5. The van der Waals surface area contributed by atoms with E-state index in [1.807, 2.05) is 11.0 Å². The molecule has 1 saturated heterocycles. The molecule has 126 valence electrons. The van der Waals surface area contributed by atoms with Crippen molar-refractivity contribution in [1.29, 1.82) is 0 Å². The molecule has 0 spiro atoms. The molecule has 8 heteroatoms. The molecular weight excluding hydrogens is 357 g/mol. The van der Waals surface area contributed by atoms with Crippen LogP contribution in [0.4, 0.5) is 5.69 Å². The maximum atomic E-state index is 12.4. The molecule has 0 aliphatic carbocycles. The maximum Gasteiger partial charge on any atom is 0.238 e. The minimum absolute atomic E-state index is 0. The SMILES string of the molecule is CC1CN(C(=O)CC2Sc3ccc(Cl)cc3NC2=O)CCN1.Cl. The van der Waals surface area contributed by atoms with Crippen LogP contribution >= 0.6 is 35.8 Å². The van der Waals surface area contributed by atoms with E-state index in [0.717, 1.165) is 17.1 Å². The maximum absolute atomic E-state index is 12.4. The third-order valence-corrected chi connectivity index (χ3v) is 5.35. The van der Waals surface area contributed by atoms with E-state index in [1.54, 1.807) is 12.1 Å². The summed E-state index contributed by atoms with van der Waals surface area (Å²) in [5.74, 6) is -0.0882. The molecule has 0 bridgehead atoms. The predicted octanol–water partition coefficient (Wildman–Crippen LogP) is 2.39. The lowest BCUT2D eigenvalue weighted by atomic mass is 10.2. The minimum atomic E-state index is -0.383. The fourth-order valence-electron chi connectivity index (χ4n) is 2.70. The standard InChI is InChI=1S/C15H18ClN3O2S.ClH/c1-9-8-19(5-4-17-9)14(20)7-13-15(21)18-11-6-10(16)2-3-12(11)22-13;/h2-3,6,9,13,17H,4-5,7-8H2,1H3,(H,18,21);1H. The lowest BCUT2D eigenvalue weighted by Gasteiger charge is -2.33. The quantitative estimate of drug-likeness (QED) is 0.832. The van der Waals surface area contributed by atoms with Gasteiger partial charge in [0, 0.05) is 42.0 Å². The summed E-state index contributed by atoms with van der Waals surface area (Å²) < 4.78 is 0. The first-order valence-electron chi connectivity index (χ1n) is 7.31. The Morgan fingerprint density at radius 1 is 1.48 bits per heavy atom. The number of nitrogens with zero attached hydrogens (tertiary/aromatic N) is 1. The molecular formula is C15H19Cl2N3O2S. The number of carbonyl (C=O) groups excluding carboxylic acids is 2.